The molecule has 236 valence electrons. The minimum atomic E-state index is -4.22. The highest BCUT2D eigenvalue weighted by Crippen LogP contribution is 2.28. The van der Waals surface area contributed by atoms with Gasteiger partial charge in [0.05, 0.1) is 10.6 Å². The summed E-state index contributed by atoms with van der Waals surface area (Å²) in [4.78, 5) is 29.7. The first-order valence-corrected chi connectivity index (χ1v) is 16.5. The number of hydrogen-bond donors (Lipinski definition) is 1. The molecular formula is C36H40FN3O4S. The first kappa shape index (κ1) is 33.4. The van der Waals surface area contributed by atoms with E-state index < -0.39 is 40.2 Å². The highest BCUT2D eigenvalue weighted by Gasteiger charge is 2.35. The molecule has 0 aliphatic rings. The molecule has 0 aliphatic heterocycles. The molecule has 0 aromatic heterocycles. The van der Waals surface area contributed by atoms with Gasteiger partial charge in [0.1, 0.15) is 18.4 Å². The standard InChI is InChI=1S/C36H40FN3O4S/c1-5-28(4)38-36(42)34(23-29-14-7-6-8-15-29)39(24-30-16-10-11-17-32(30)37)35(41)25-40(33-18-12-9-13-27(33)3)45(43,44)31-21-19-26(2)20-22-31/h6-22,28,34H,5,23-25H2,1-4H3,(H,38,42). The molecule has 9 heteroatoms. The number of sulfonamides is 1. The number of amides is 2. The van der Waals surface area contributed by atoms with Crippen molar-refractivity contribution in [3.8, 4) is 0 Å². The molecule has 4 aromatic rings. The first-order chi connectivity index (χ1) is 21.5. The minimum Gasteiger partial charge on any atom is -0.352 e. The molecule has 0 heterocycles. The van der Waals surface area contributed by atoms with Gasteiger partial charge >= 0.3 is 0 Å². The summed E-state index contributed by atoms with van der Waals surface area (Å²) >= 11 is 0. The second kappa shape index (κ2) is 15.0. The van der Waals surface area contributed by atoms with Crippen LogP contribution in [-0.2, 0) is 32.6 Å². The Morgan fingerprint density at radius 2 is 1.47 bits per heavy atom. The number of carbonyl (C=O) groups is 2. The van der Waals surface area contributed by atoms with Crippen LogP contribution in [0.4, 0.5) is 10.1 Å². The maximum atomic E-state index is 15.0. The SMILES string of the molecule is CCC(C)NC(=O)C(Cc1ccccc1)N(Cc1ccccc1F)C(=O)CN(c1ccccc1C)S(=O)(=O)c1ccc(C)cc1. The number of aryl methyl sites for hydroxylation is 2. The van der Waals surface area contributed by atoms with Crippen LogP contribution in [0.1, 0.15) is 42.5 Å². The molecule has 45 heavy (non-hydrogen) atoms. The van der Waals surface area contributed by atoms with E-state index >= 15 is 4.39 Å². The molecule has 0 spiro atoms. The Balaban J connectivity index is 1.83. The molecule has 4 aromatic carbocycles. The molecule has 2 atom stereocenters. The van der Waals surface area contributed by atoms with Gasteiger partial charge in [0.2, 0.25) is 11.8 Å². The number of hydrogen-bond acceptors (Lipinski definition) is 4. The van der Waals surface area contributed by atoms with E-state index in [-0.39, 0.29) is 29.5 Å². The second-order valence-electron chi connectivity index (χ2n) is 11.2. The summed E-state index contributed by atoms with van der Waals surface area (Å²) in [5.41, 5.74) is 2.89. The topological polar surface area (TPSA) is 86.8 Å². The molecule has 1 N–H and O–H groups in total. The zero-order valence-corrected chi connectivity index (χ0v) is 26.9. The summed E-state index contributed by atoms with van der Waals surface area (Å²) < 4.78 is 44.5. The monoisotopic (exact) mass is 629 g/mol. The van der Waals surface area contributed by atoms with Gasteiger partial charge in [-0.05, 0) is 62.6 Å². The third-order valence-corrected chi connectivity index (χ3v) is 9.62. The van der Waals surface area contributed by atoms with E-state index in [4.69, 9.17) is 0 Å². The highest BCUT2D eigenvalue weighted by molar-refractivity contribution is 7.92. The number of carbonyl (C=O) groups excluding carboxylic acids is 2. The van der Waals surface area contributed by atoms with Gasteiger partial charge in [-0.3, -0.25) is 13.9 Å². The van der Waals surface area contributed by atoms with Gasteiger partial charge in [0.15, 0.2) is 0 Å². The smallest absolute Gasteiger partial charge is 0.264 e. The third kappa shape index (κ3) is 8.36. The van der Waals surface area contributed by atoms with E-state index in [0.717, 1.165) is 15.4 Å². The zero-order chi connectivity index (χ0) is 32.6. The Morgan fingerprint density at radius 1 is 0.844 bits per heavy atom. The van der Waals surface area contributed by atoms with E-state index in [1.807, 2.05) is 51.1 Å². The lowest BCUT2D eigenvalue weighted by molar-refractivity contribution is -0.140. The van der Waals surface area contributed by atoms with Crippen molar-refractivity contribution in [3.63, 3.8) is 0 Å². The van der Waals surface area contributed by atoms with Crippen molar-refractivity contribution in [1.29, 1.82) is 0 Å². The van der Waals surface area contributed by atoms with Crippen LogP contribution in [-0.4, -0.2) is 43.8 Å². The number of para-hydroxylation sites is 1. The Morgan fingerprint density at radius 3 is 2.11 bits per heavy atom. The predicted molar refractivity (Wildman–Crippen MR) is 176 cm³/mol. The van der Waals surface area contributed by atoms with Crippen LogP contribution in [0.15, 0.2) is 108 Å². The van der Waals surface area contributed by atoms with Gasteiger partial charge in [0, 0.05) is 24.6 Å². The van der Waals surface area contributed by atoms with E-state index in [0.29, 0.717) is 17.7 Å². The minimum absolute atomic E-state index is 0.0279. The van der Waals surface area contributed by atoms with E-state index in [1.165, 1.54) is 23.1 Å². The van der Waals surface area contributed by atoms with Crippen LogP contribution in [0.3, 0.4) is 0 Å². The average molecular weight is 630 g/mol. The van der Waals surface area contributed by atoms with Crippen LogP contribution >= 0.6 is 0 Å². The molecule has 0 radical (unpaired) electrons. The number of nitrogens with one attached hydrogen (secondary N) is 1. The zero-order valence-electron chi connectivity index (χ0n) is 26.1. The Hall–Kier alpha value is -4.50. The van der Waals surface area contributed by atoms with E-state index in [2.05, 4.69) is 5.32 Å². The Labute approximate surface area is 265 Å². The van der Waals surface area contributed by atoms with E-state index in [9.17, 15) is 18.0 Å². The van der Waals surface area contributed by atoms with Crippen LogP contribution < -0.4 is 9.62 Å². The Kier molecular flexibility index (Phi) is 11.1. The van der Waals surface area contributed by atoms with Gasteiger partial charge in [-0.2, -0.15) is 0 Å². The molecule has 0 aliphatic carbocycles. The predicted octanol–water partition coefficient (Wildman–Crippen LogP) is 6.19. The lowest BCUT2D eigenvalue weighted by atomic mass is 10.0. The second-order valence-corrected chi connectivity index (χ2v) is 13.1. The molecule has 2 unspecified atom stereocenters. The summed E-state index contributed by atoms with van der Waals surface area (Å²) in [6.45, 7) is 6.61. The van der Waals surface area contributed by atoms with Crippen molar-refractivity contribution in [3.05, 3.63) is 131 Å². The van der Waals surface area contributed by atoms with Crippen molar-refractivity contribution in [2.45, 2.75) is 64.1 Å². The average Bonchev–Trinajstić information content (AvgIpc) is 3.03. The normalized spacial score (nSPS) is 12.6. The maximum absolute atomic E-state index is 15.0. The van der Waals surface area contributed by atoms with Crippen LogP contribution in [0, 0.1) is 19.7 Å². The molecule has 0 fully saturated rings. The fourth-order valence-electron chi connectivity index (χ4n) is 5.00. The number of nitrogens with zero attached hydrogens (tertiary/aromatic N) is 2. The van der Waals surface area contributed by atoms with Gasteiger partial charge < -0.3 is 10.2 Å². The fourth-order valence-corrected chi connectivity index (χ4v) is 6.48. The lowest BCUT2D eigenvalue weighted by Gasteiger charge is -2.34. The van der Waals surface area contributed by atoms with Gasteiger partial charge in [-0.25, -0.2) is 12.8 Å². The number of rotatable bonds is 13. The van der Waals surface area contributed by atoms with Gasteiger partial charge in [-0.1, -0.05) is 91.3 Å². The van der Waals surface area contributed by atoms with Gasteiger partial charge in [-0.15, -0.1) is 0 Å². The van der Waals surface area contributed by atoms with Crippen molar-refractivity contribution in [2.24, 2.45) is 0 Å². The van der Waals surface area contributed by atoms with Crippen molar-refractivity contribution in [2.75, 3.05) is 10.8 Å². The largest absolute Gasteiger partial charge is 0.352 e. The molecule has 4 rings (SSSR count). The van der Waals surface area contributed by atoms with E-state index in [1.54, 1.807) is 61.5 Å². The summed E-state index contributed by atoms with van der Waals surface area (Å²) in [6.07, 6.45) is 0.819. The van der Waals surface area contributed by atoms with Crippen LogP contribution in [0.5, 0.6) is 0 Å². The molecule has 0 bridgehead atoms. The quantitative estimate of drug-likeness (QED) is 0.191. The van der Waals surface area contributed by atoms with Crippen molar-refractivity contribution >= 4 is 27.5 Å². The van der Waals surface area contributed by atoms with Crippen LogP contribution in [0.25, 0.3) is 0 Å². The van der Waals surface area contributed by atoms with Crippen molar-refractivity contribution < 1.29 is 22.4 Å². The highest BCUT2D eigenvalue weighted by atomic mass is 32.2. The number of benzene rings is 4. The molecule has 2 amide bonds. The molecule has 0 saturated heterocycles. The number of anilines is 1. The summed E-state index contributed by atoms with van der Waals surface area (Å²) in [5, 5.41) is 2.98. The van der Waals surface area contributed by atoms with Crippen LogP contribution in [0.2, 0.25) is 0 Å². The first-order valence-electron chi connectivity index (χ1n) is 15.0. The maximum Gasteiger partial charge on any atom is 0.264 e. The summed E-state index contributed by atoms with van der Waals surface area (Å²) in [6, 6.07) is 27.4. The summed E-state index contributed by atoms with van der Waals surface area (Å²) in [7, 11) is -4.22. The summed E-state index contributed by atoms with van der Waals surface area (Å²) in [5.74, 6) is -1.57. The van der Waals surface area contributed by atoms with Gasteiger partial charge in [0.25, 0.3) is 10.0 Å². The fraction of sp³-hybridized carbons (Fsp3) is 0.278. The Bertz CT molecular complexity index is 1710. The molecular weight excluding hydrogens is 589 g/mol. The lowest BCUT2D eigenvalue weighted by Crippen LogP contribution is -2.54. The molecule has 0 saturated carbocycles. The van der Waals surface area contributed by atoms with Crippen molar-refractivity contribution in [1.82, 2.24) is 10.2 Å². The number of halogens is 1. The molecule has 7 nitrogen and oxygen atoms in total. The third-order valence-electron chi connectivity index (χ3n) is 7.84.